The minimum Gasteiger partial charge on any atom is -0.481 e. The van der Waals surface area contributed by atoms with Crippen LogP contribution in [0.15, 0.2) is 0 Å². The Balaban J connectivity index is 1.80. The van der Waals surface area contributed by atoms with Crippen molar-refractivity contribution in [3.63, 3.8) is 0 Å². The summed E-state index contributed by atoms with van der Waals surface area (Å²) in [5, 5.41) is 9.05. The van der Waals surface area contributed by atoms with Gasteiger partial charge in [-0.2, -0.15) is 0 Å². The van der Waals surface area contributed by atoms with Crippen molar-refractivity contribution in [3.8, 4) is 0 Å². The average Bonchev–Trinajstić information content (AvgIpc) is 2.71. The number of likely N-dealkylation sites (tertiary alicyclic amines) is 2. The molecule has 0 radical (unpaired) electrons. The number of hydrogen-bond acceptors (Lipinski definition) is 4. The van der Waals surface area contributed by atoms with Crippen molar-refractivity contribution in [2.75, 3.05) is 39.4 Å². The first-order valence-corrected chi connectivity index (χ1v) is 14.1. The fraction of sp³-hybridized carbons (Fsp3) is 0.900. The minimum atomic E-state index is -0.826. The Labute approximate surface area is 225 Å². The van der Waals surface area contributed by atoms with Gasteiger partial charge in [0.15, 0.2) is 0 Å². The fourth-order valence-corrected chi connectivity index (χ4v) is 6.38. The third-order valence-corrected chi connectivity index (χ3v) is 8.08. The summed E-state index contributed by atoms with van der Waals surface area (Å²) in [6.45, 7) is 22.6. The maximum Gasteiger partial charge on any atom is 0.303 e. The predicted octanol–water partition coefficient (Wildman–Crippen LogP) is 5.61. The normalized spacial score (nSPS) is 19.3. The second-order valence-electron chi connectivity index (χ2n) is 15.4. The molecule has 2 saturated heterocycles. The molecule has 37 heavy (non-hydrogen) atoms. The van der Waals surface area contributed by atoms with E-state index in [0.717, 1.165) is 58.3 Å². The summed E-state index contributed by atoms with van der Waals surface area (Å²) in [5.74, 6) is -0.377. The van der Waals surface area contributed by atoms with E-state index in [1.165, 1.54) is 0 Å². The Kier molecular flexibility index (Phi) is 9.93. The first kappa shape index (κ1) is 31.6. The van der Waals surface area contributed by atoms with Crippen molar-refractivity contribution in [1.29, 1.82) is 0 Å². The molecule has 1 spiro atoms. The molecule has 0 saturated carbocycles. The molecule has 2 rings (SSSR count). The third kappa shape index (κ3) is 9.88. The quantitative estimate of drug-likeness (QED) is 0.403. The number of amides is 2. The zero-order valence-electron chi connectivity index (χ0n) is 25.2. The van der Waals surface area contributed by atoms with Crippen molar-refractivity contribution in [1.82, 2.24) is 9.80 Å². The molecule has 0 aromatic heterocycles. The van der Waals surface area contributed by atoms with Gasteiger partial charge in [-0.3, -0.25) is 14.4 Å². The van der Waals surface area contributed by atoms with Gasteiger partial charge in [0.2, 0.25) is 11.8 Å². The SMILES string of the molecule is CC(C)(C)CC(C)(C)C(=O)N1CCC2(CCN(C(=O)CC(C)(C)COCC(C)(C)CC(=O)O)CC2)CC1. The predicted molar refractivity (Wildman–Crippen MR) is 147 cm³/mol. The van der Waals surface area contributed by atoms with Crippen LogP contribution in [0.25, 0.3) is 0 Å². The topological polar surface area (TPSA) is 87.2 Å². The molecule has 0 atom stereocenters. The monoisotopic (exact) mass is 522 g/mol. The lowest BCUT2D eigenvalue weighted by Crippen LogP contribution is -2.52. The molecule has 2 amide bonds. The van der Waals surface area contributed by atoms with Crippen molar-refractivity contribution in [2.45, 2.75) is 107 Å². The van der Waals surface area contributed by atoms with Gasteiger partial charge in [-0.1, -0.05) is 62.3 Å². The molecule has 7 heteroatoms. The van der Waals surface area contributed by atoms with Crippen molar-refractivity contribution in [2.24, 2.45) is 27.1 Å². The van der Waals surface area contributed by atoms with Crippen molar-refractivity contribution < 1.29 is 24.2 Å². The maximum atomic E-state index is 13.3. The van der Waals surface area contributed by atoms with Gasteiger partial charge in [-0.15, -0.1) is 0 Å². The van der Waals surface area contributed by atoms with E-state index in [4.69, 9.17) is 9.84 Å². The average molecular weight is 523 g/mol. The van der Waals surface area contributed by atoms with Crippen LogP contribution >= 0.6 is 0 Å². The number of hydrogen-bond donors (Lipinski definition) is 1. The van der Waals surface area contributed by atoms with E-state index in [9.17, 15) is 14.4 Å². The minimum absolute atomic E-state index is 0.0580. The van der Waals surface area contributed by atoms with Crippen LogP contribution in [0.4, 0.5) is 0 Å². The number of carbonyl (C=O) groups is 3. The zero-order chi connectivity index (χ0) is 28.3. The highest BCUT2D eigenvalue weighted by Gasteiger charge is 2.43. The number of carbonyl (C=O) groups excluding carboxylic acids is 2. The highest BCUT2D eigenvalue weighted by Crippen LogP contribution is 2.43. The van der Waals surface area contributed by atoms with E-state index in [1.807, 2.05) is 32.6 Å². The molecular formula is C30H54N2O5. The Morgan fingerprint density at radius 1 is 0.730 bits per heavy atom. The molecule has 214 valence electrons. The van der Waals surface area contributed by atoms with Gasteiger partial charge in [-0.05, 0) is 53.8 Å². The number of rotatable bonds is 10. The van der Waals surface area contributed by atoms with Gasteiger partial charge in [0.05, 0.1) is 19.6 Å². The van der Waals surface area contributed by atoms with E-state index in [0.29, 0.717) is 19.6 Å². The van der Waals surface area contributed by atoms with Gasteiger partial charge >= 0.3 is 5.97 Å². The maximum absolute atomic E-state index is 13.3. The second-order valence-corrected chi connectivity index (χ2v) is 15.4. The molecule has 0 bridgehead atoms. The van der Waals surface area contributed by atoms with Gasteiger partial charge in [0.25, 0.3) is 0 Å². The first-order valence-electron chi connectivity index (χ1n) is 14.1. The molecular weight excluding hydrogens is 468 g/mol. The van der Waals surface area contributed by atoms with Gasteiger partial charge in [-0.25, -0.2) is 0 Å². The molecule has 7 nitrogen and oxygen atoms in total. The van der Waals surface area contributed by atoms with E-state index >= 15 is 0 Å². The number of piperidine rings is 2. The van der Waals surface area contributed by atoms with E-state index in [1.54, 1.807) is 0 Å². The lowest BCUT2D eigenvalue weighted by atomic mass is 9.70. The van der Waals surface area contributed by atoms with Crippen molar-refractivity contribution in [3.05, 3.63) is 0 Å². The summed E-state index contributed by atoms with van der Waals surface area (Å²) >= 11 is 0. The number of nitrogens with zero attached hydrogens (tertiary/aromatic N) is 2. The highest BCUT2D eigenvalue weighted by molar-refractivity contribution is 5.82. The first-order chi connectivity index (χ1) is 16.7. The van der Waals surface area contributed by atoms with Gasteiger partial charge < -0.3 is 19.6 Å². The summed E-state index contributed by atoms with van der Waals surface area (Å²) in [4.78, 5) is 41.5. The van der Waals surface area contributed by atoms with Crippen LogP contribution in [-0.2, 0) is 19.1 Å². The Morgan fingerprint density at radius 3 is 1.59 bits per heavy atom. The van der Waals surface area contributed by atoms with Crippen molar-refractivity contribution >= 4 is 17.8 Å². The standard InChI is InChI=1S/C30H54N2O5/c1-26(2,3)20-29(8,9)25(36)32-16-12-30(13-17-32)10-14-31(15-11-30)23(33)18-27(4,5)21-37-22-28(6,7)19-24(34)35/h10-22H2,1-9H3,(H,34,35). The van der Waals surface area contributed by atoms with Crippen LogP contribution in [0.1, 0.15) is 107 Å². The van der Waals surface area contributed by atoms with Crippen LogP contribution < -0.4 is 0 Å². The largest absolute Gasteiger partial charge is 0.481 e. The molecule has 0 aromatic carbocycles. The lowest BCUT2D eigenvalue weighted by molar-refractivity contribution is -0.145. The third-order valence-electron chi connectivity index (χ3n) is 8.08. The molecule has 1 N–H and O–H groups in total. The van der Waals surface area contributed by atoms with Crippen LogP contribution in [0.3, 0.4) is 0 Å². The molecule has 0 aliphatic carbocycles. The van der Waals surface area contributed by atoms with Crippen LogP contribution in [-0.4, -0.2) is 72.1 Å². The zero-order valence-corrected chi connectivity index (χ0v) is 25.2. The number of carboxylic acids is 1. The van der Waals surface area contributed by atoms with Gasteiger partial charge in [0, 0.05) is 38.0 Å². The van der Waals surface area contributed by atoms with Gasteiger partial charge in [0.1, 0.15) is 0 Å². The van der Waals surface area contributed by atoms with Crippen LogP contribution in [0, 0.1) is 27.1 Å². The second kappa shape index (κ2) is 11.6. The van der Waals surface area contributed by atoms with E-state index < -0.39 is 11.4 Å². The summed E-state index contributed by atoms with van der Waals surface area (Å²) < 4.78 is 5.86. The Hall–Kier alpha value is -1.63. The Bertz CT molecular complexity index is 806. The molecule has 0 unspecified atom stereocenters. The number of aliphatic carboxylic acids is 1. The van der Waals surface area contributed by atoms with Crippen LogP contribution in [0.5, 0.6) is 0 Å². The summed E-state index contributed by atoms with van der Waals surface area (Å²) in [6.07, 6.45) is 5.42. The molecule has 2 aliphatic heterocycles. The molecule has 2 aliphatic rings. The summed E-state index contributed by atoms with van der Waals surface area (Å²) in [7, 11) is 0. The fourth-order valence-electron chi connectivity index (χ4n) is 6.38. The summed E-state index contributed by atoms with van der Waals surface area (Å²) in [5.41, 5.74) is -0.725. The van der Waals surface area contributed by atoms with Crippen LogP contribution in [0.2, 0.25) is 0 Å². The molecule has 0 aromatic rings. The number of carboxylic acid groups (broad SMARTS) is 1. The smallest absolute Gasteiger partial charge is 0.303 e. The summed E-state index contributed by atoms with van der Waals surface area (Å²) in [6, 6.07) is 0. The number of ether oxygens (including phenoxy) is 1. The Morgan fingerprint density at radius 2 is 1.16 bits per heavy atom. The molecule has 2 heterocycles. The highest BCUT2D eigenvalue weighted by atomic mass is 16.5. The lowest BCUT2D eigenvalue weighted by Gasteiger charge is -2.48. The van der Waals surface area contributed by atoms with E-state index in [2.05, 4.69) is 39.5 Å². The molecule has 2 fully saturated rings. The van der Waals surface area contributed by atoms with E-state index in [-0.39, 0.29) is 39.9 Å².